The zero-order valence-electron chi connectivity index (χ0n) is 18.1. The van der Waals surface area contributed by atoms with E-state index in [0.717, 1.165) is 40.5 Å². The quantitative estimate of drug-likeness (QED) is 0.447. The minimum Gasteiger partial charge on any atom is -0.494 e. The summed E-state index contributed by atoms with van der Waals surface area (Å²) in [5, 5.41) is 0.755. The van der Waals surface area contributed by atoms with Crippen molar-refractivity contribution in [1.29, 1.82) is 0 Å². The first-order valence-electron chi connectivity index (χ1n) is 10.1. The number of rotatable bonds is 9. The molecule has 0 unspecified atom stereocenters. The largest absolute Gasteiger partial charge is 0.494 e. The normalized spacial score (nSPS) is 10.8. The van der Waals surface area contributed by atoms with Gasteiger partial charge in [0.2, 0.25) is 0 Å². The van der Waals surface area contributed by atoms with E-state index in [1.165, 1.54) is 5.56 Å². The Labute approximate surface area is 189 Å². The van der Waals surface area contributed by atoms with Crippen LogP contribution in [0.25, 0.3) is 10.2 Å². The van der Waals surface area contributed by atoms with Crippen molar-refractivity contribution in [2.24, 2.45) is 0 Å². The van der Waals surface area contributed by atoms with Crippen LogP contribution in [0, 0.1) is 0 Å². The van der Waals surface area contributed by atoms with Gasteiger partial charge in [-0.25, -0.2) is 4.98 Å². The number of hydrogen-bond acceptors (Lipinski definition) is 5. The second-order valence-corrected chi connectivity index (χ2v) is 8.23. The molecule has 3 aromatic rings. The molecule has 0 N–H and O–H groups in total. The van der Waals surface area contributed by atoms with Gasteiger partial charge < -0.3 is 9.64 Å². The van der Waals surface area contributed by atoms with Crippen LogP contribution in [0.2, 0.25) is 0 Å². The first kappa shape index (κ1) is 24.1. The maximum Gasteiger partial charge on any atom is 0.260 e. The van der Waals surface area contributed by atoms with E-state index >= 15 is 0 Å². The highest BCUT2D eigenvalue weighted by Crippen LogP contribution is 2.31. The van der Waals surface area contributed by atoms with Gasteiger partial charge in [0.15, 0.2) is 5.13 Å². The highest BCUT2D eigenvalue weighted by Gasteiger charge is 2.21. The van der Waals surface area contributed by atoms with Gasteiger partial charge in [-0.05, 0) is 82.4 Å². The molecule has 0 saturated carbocycles. The van der Waals surface area contributed by atoms with Gasteiger partial charge in [0.05, 0.1) is 16.8 Å². The fourth-order valence-corrected chi connectivity index (χ4v) is 4.19. The Morgan fingerprint density at radius 1 is 1.07 bits per heavy atom. The van der Waals surface area contributed by atoms with Gasteiger partial charge in [0, 0.05) is 12.1 Å². The zero-order chi connectivity index (χ0) is 20.8. The van der Waals surface area contributed by atoms with Crippen molar-refractivity contribution in [1.82, 2.24) is 9.88 Å². The first-order valence-corrected chi connectivity index (χ1v) is 10.9. The lowest BCUT2D eigenvalue weighted by atomic mass is 10.2. The number of nitrogens with zero attached hydrogens (tertiary/aromatic N) is 3. The van der Waals surface area contributed by atoms with E-state index in [1.807, 2.05) is 56.3 Å². The summed E-state index contributed by atoms with van der Waals surface area (Å²) in [5.41, 5.74) is 2.87. The van der Waals surface area contributed by atoms with Crippen LogP contribution >= 0.6 is 23.7 Å². The molecule has 0 fully saturated rings. The van der Waals surface area contributed by atoms with Crippen molar-refractivity contribution in [3.05, 3.63) is 53.6 Å². The lowest BCUT2D eigenvalue weighted by molar-refractivity contribution is 0.0986. The van der Waals surface area contributed by atoms with E-state index in [1.54, 1.807) is 11.3 Å². The molecule has 0 atom stereocenters. The minimum atomic E-state index is -0.0263. The Bertz CT molecular complexity index is 957. The van der Waals surface area contributed by atoms with E-state index < -0.39 is 0 Å². The smallest absolute Gasteiger partial charge is 0.260 e. The SMILES string of the molecule is CCOc1ccc(C(=O)N(CCCN(C)C)c2nc3ccc(CC)cc3s2)cc1.Cl. The topological polar surface area (TPSA) is 45.7 Å². The number of benzene rings is 2. The van der Waals surface area contributed by atoms with Crippen LogP contribution in [0.3, 0.4) is 0 Å². The number of carbonyl (C=O) groups is 1. The molecule has 0 aliphatic rings. The number of aryl methyl sites for hydroxylation is 1. The van der Waals surface area contributed by atoms with Crippen molar-refractivity contribution in [3.63, 3.8) is 0 Å². The van der Waals surface area contributed by atoms with E-state index in [9.17, 15) is 4.79 Å². The van der Waals surface area contributed by atoms with Crippen LogP contribution in [-0.4, -0.2) is 49.6 Å². The monoisotopic (exact) mass is 447 g/mol. The van der Waals surface area contributed by atoms with Crippen molar-refractivity contribution in [2.75, 3.05) is 38.7 Å². The number of aromatic nitrogens is 1. The van der Waals surface area contributed by atoms with Crippen molar-refractivity contribution in [3.8, 4) is 5.75 Å². The van der Waals surface area contributed by atoms with Crippen LogP contribution in [0.4, 0.5) is 5.13 Å². The number of halogens is 1. The summed E-state index contributed by atoms with van der Waals surface area (Å²) in [6.07, 6.45) is 1.87. The van der Waals surface area contributed by atoms with Crippen LogP contribution < -0.4 is 9.64 Å². The summed E-state index contributed by atoms with van der Waals surface area (Å²) in [7, 11) is 4.09. The lowest BCUT2D eigenvalue weighted by Gasteiger charge is -2.21. The summed E-state index contributed by atoms with van der Waals surface area (Å²) >= 11 is 1.58. The number of thiazole rings is 1. The highest BCUT2D eigenvalue weighted by molar-refractivity contribution is 7.22. The molecule has 1 heterocycles. The number of fused-ring (bicyclic) bond motifs is 1. The Hall–Kier alpha value is -2.15. The molecule has 7 heteroatoms. The molecule has 0 bridgehead atoms. The highest BCUT2D eigenvalue weighted by atomic mass is 35.5. The fraction of sp³-hybridized carbons (Fsp3) is 0.391. The number of ether oxygens (including phenoxy) is 1. The number of carbonyl (C=O) groups excluding carboxylic acids is 1. The van der Waals surface area contributed by atoms with Crippen molar-refractivity contribution in [2.45, 2.75) is 26.7 Å². The molecule has 0 saturated heterocycles. The molecule has 0 spiro atoms. The molecular weight excluding hydrogens is 418 g/mol. The van der Waals surface area contributed by atoms with Crippen molar-refractivity contribution >= 4 is 45.0 Å². The summed E-state index contributed by atoms with van der Waals surface area (Å²) in [6.45, 7) is 6.24. The Morgan fingerprint density at radius 3 is 2.43 bits per heavy atom. The van der Waals surface area contributed by atoms with E-state index in [2.05, 4.69) is 24.0 Å². The predicted molar refractivity (Wildman–Crippen MR) is 129 cm³/mol. The average molecular weight is 448 g/mol. The number of hydrogen-bond donors (Lipinski definition) is 0. The standard InChI is InChI=1S/C23H29N3O2S.ClH/c1-5-17-8-13-20-21(16-17)29-23(24-20)26(15-7-14-25(3)4)22(27)18-9-11-19(12-10-18)28-6-2;/h8-13,16H,5-7,14-15H2,1-4H3;1H. The first-order chi connectivity index (χ1) is 14.0. The molecule has 3 rings (SSSR count). The van der Waals surface area contributed by atoms with Gasteiger partial charge in [-0.3, -0.25) is 9.69 Å². The summed E-state index contributed by atoms with van der Waals surface area (Å²) < 4.78 is 6.62. The molecule has 0 aliphatic carbocycles. The Kier molecular flexibility index (Phi) is 9.08. The summed E-state index contributed by atoms with van der Waals surface area (Å²) in [4.78, 5) is 22.0. The molecule has 5 nitrogen and oxygen atoms in total. The van der Waals surface area contributed by atoms with E-state index in [4.69, 9.17) is 9.72 Å². The molecule has 1 aromatic heterocycles. The molecule has 0 radical (unpaired) electrons. The van der Waals surface area contributed by atoms with Gasteiger partial charge in [0.1, 0.15) is 5.75 Å². The summed E-state index contributed by atoms with van der Waals surface area (Å²) in [5.74, 6) is 0.747. The number of anilines is 1. The van der Waals surface area contributed by atoms with Crippen LogP contribution in [-0.2, 0) is 6.42 Å². The third-order valence-electron chi connectivity index (χ3n) is 4.73. The maximum absolute atomic E-state index is 13.3. The van der Waals surface area contributed by atoms with Crippen LogP contribution in [0.1, 0.15) is 36.2 Å². The minimum absolute atomic E-state index is 0. The van der Waals surface area contributed by atoms with Gasteiger partial charge in [-0.1, -0.05) is 24.3 Å². The predicted octanol–water partition coefficient (Wildman–Crippen LogP) is 5.28. The molecule has 2 aromatic carbocycles. The van der Waals surface area contributed by atoms with Crippen molar-refractivity contribution < 1.29 is 9.53 Å². The molecule has 0 aliphatic heterocycles. The zero-order valence-corrected chi connectivity index (χ0v) is 19.7. The van der Waals surface area contributed by atoms with Crippen LogP contribution in [0.15, 0.2) is 42.5 Å². The number of amides is 1. The Morgan fingerprint density at radius 2 is 1.80 bits per heavy atom. The molecular formula is C23H30ClN3O2S. The molecule has 162 valence electrons. The maximum atomic E-state index is 13.3. The van der Waals surface area contributed by atoms with Gasteiger partial charge in [-0.2, -0.15) is 0 Å². The van der Waals surface area contributed by atoms with E-state index in [0.29, 0.717) is 18.7 Å². The second kappa shape index (κ2) is 11.3. The molecule has 30 heavy (non-hydrogen) atoms. The third kappa shape index (κ3) is 5.94. The molecule has 1 amide bonds. The summed E-state index contributed by atoms with van der Waals surface area (Å²) in [6, 6.07) is 13.7. The van der Waals surface area contributed by atoms with Crippen LogP contribution in [0.5, 0.6) is 5.75 Å². The second-order valence-electron chi connectivity index (χ2n) is 7.22. The van der Waals surface area contributed by atoms with Gasteiger partial charge in [-0.15, -0.1) is 12.4 Å². The van der Waals surface area contributed by atoms with Gasteiger partial charge >= 0.3 is 0 Å². The Balaban J connectivity index is 0.00000320. The lowest BCUT2D eigenvalue weighted by Crippen LogP contribution is -2.33. The third-order valence-corrected chi connectivity index (χ3v) is 5.77. The average Bonchev–Trinajstić information content (AvgIpc) is 3.14. The van der Waals surface area contributed by atoms with E-state index in [-0.39, 0.29) is 18.3 Å². The fourth-order valence-electron chi connectivity index (χ4n) is 3.14. The van der Waals surface area contributed by atoms with Gasteiger partial charge in [0.25, 0.3) is 5.91 Å².